The lowest BCUT2D eigenvalue weighted by Gasteiger charge is -2.27. The number of hydrogen-bond acceptors (Lipinski definition) is 4. The maximum atomic E-state index is 12.2. The minimum atomic E-state index is -4.35. The highest BCUT2D eigenvalue weighted by Crippen LogP contribution is 2.31. The van der Waals surface area contributed by atoms with Crippen molar-refractivity contribution in [2.75, 3.05) is 40.0 Å². The van der Waals surface area contributed by atoms with Gasteiger partial charge in [0.15, 0.2) is 12.6 Å². The molecular weight excluding hydrogens is 490 g/mol. The van der Waals surface area contributed by atoms with Gasteiger partial charge in [-0.3, -0.25) is 4.99 Å². The monoisotopic (exact) mass is 517 g/mol. The highest BCUT2D eigenvalue weighted by atomic mass is 127. The Morgan fingerprint density at radius 1 is 1.29 bits per heavy atom. The fraction of sp³-hybridized carbons (Fsp3) is 0.611. The molecule has 6 nitrogen and oxygen atoms in total. The molecule has 1 unspecified atom stereocenters. The Balaban J connectivity index is 0.00000392. The Morgan fingerprint density at radius 3 is 2.54 bits per heavy atom. The molecule has 1 atom stereocenters. The Kier molecular flexibility index (Phi) is 10.3. The van der Waals surface area contributed by atoms with Gasteiger partial charge >= 0.3 is 6.18 Å². The minimum Gasteiger partial charge on any atom is -0.484 e. The van der Waals surface area contributed by atoms with Crippen LogP contribution in [0.4, 0.5) is 13.2 Å². The van der Waals surface area contributed by atoms with Crippen LogP contribution in [0.1, 0.15) is 18.4 Å². The number of ether oxygens (including phenoxy) is 2. The van der Waals surface area contributed by atoms with E-state index >= 15 is 0 Å². The number of guanidine groups is 1. The van der Waals surface area contributed by atoms with E-state index in [1.807, 2.05) is 0 Å². The van der Waals surface area contributed by atoms with Gasteiger partial charge in [-0.1, -0.05) is 12.1 Å². The Morgan fingerprint density at radius 2 is 2.00 bits per heavy atom. The van der Waals surface area contributed by atoms with E-state index < -0.39 is 12.8 Å². The van der Waals surface area contributed by atoms with Crippen LogP contribution in [0.3, 0.4) is 0 Å². The third kappa shape index (κ3) is 8.39. The predicted molar refractivity (Wildman–Crippen MR) is 111 cm³/mol. The van der Waals surface area contributed by atoms with Gasteiger partial charge in [-0.25, -0.2) is 0 Å². The third-order valence-corrected chi connectivity index (χ3v) is 4.47. The number of nitrogens with one attached hydrogen (secondary N) is 2. The van der Waals surface area contributed by atoms with Crippen LogP contribution in [-0.4, -0.2) is 57.3 Å². The van der Waals surface area contributed by atoms with Crippen molar-refractivity contribution in [1.29, 1.82) is 0 Å². The fourth-order valence-corrected chi connectivity index (χ4v) is 2.86. The van der Waals surface area contributed by atoms with E-state index in [-0.39, 0.29) is 41.7 Å². The second-order valence-corrected chi connectivity index (χ2v) is 6.60. The smallest absolute Gasteiger partial charge is 0.422 e. The summed E-state index contributed by atoms with van der Waals surface area (Å²) in [5, 5.41) is 15.7. The van der Waals surface area contributed by atoms with Gasteiger partial charge < -0.3 is 25.2 Å². The van der Waals surface area contributed by atoms with Gasteiger partial charge in [0, 0.05) is 38.8 Å². The van der Waals surface area contributed by atoms with E-state index in [0.717, 1.165) is 12.0 Å². The van der Waals surface area contributed by atoms with Gasteiger partial charge in [-0.2, -0.15) is 13.2 Å². The number of aliphatic hydroxyl groups excluding tert-OH is 1. The first-order valence-corrected chi connectivity index (χ1v) is 8.77. The summed E-state index contributed by atoms with van der Waals surface area (Å²) in [6.45, 7) is 1.20. The van der Waals surface area contributed by atoms with Gasteiger partial charge in [0.2, 0.25) is 0 Å². The summed E-state index contributed by atoms with van der Waals surface area (Å²) >= 11 is 0. The standard InChI is InChI=1S/C18H26F3N3O3.HI/c1-22-16(24-11-17(6-8-25)7-9-26-12-17)23-10-14-2-4-15(5-3-14)27-13-18(19,20)21;/h2-5,25H,6-13H2,1H3,(H2,22,23,24);1H. The molecule has 160 valence electrons. The second kappa shape index (κ2) is 11.7. The van der Waals surface area contributed by atoms with Crippen molar-refractivity contribution >= 4 is 29.9 Å². The molecule has 0 bridgehead atoms. The maximum Gasteiger partial charge on any atom is 0.422 e. The van der Waals surface area contributed by atoms with Crippen LogP contribution < -0.4 is 15.4 Å². The summed E-state index contributed by atoms with van der Waals surface area (Å²) in [6, 6.07) is 6.41. The summed E-state index contributed by atoms with van der Waals surface area (Å²) in [6.07, 6.45) is -2.80. The molecule has 1 aliphatic rings. The first-order valence-electron chi connectivity index (χ1n) is 8.77. The van der Waals surface area contributed by atoms with Crippen molar-refractivity contribution in [2.24, 2.45) is 10.4 Å². The van der Waals surface area contributed by atoms with Gasteiger partial charge in [0.05, 0.1) is 6.61 Å². The number of benzene rings is 1. The molecule has 0 saturated carbocycles. The molecule has 1 heterocycles. The van der Waals surface area contributed by atoms with Crippen LogP contribution in [-0.2, 0) is 11.3 Å². The van der Waals surface area contributed by atoms with Crippen molar-refractivity contribution < 1.29 is 27.8 Å². The third-order valence-electron chi connectivity index (χ3n) is 4.47. The van der Waals surface area contributed by atoms with E-state index in [2.05, 4.69) is 20.4 Å². The van der Waals surface area contributed by atoms with E-state index in [1.54, 1.807) is 19.2 Å². The SMILES string of the molecule is CN=C(NCc1ccc(OCC(F)(F)F)cc1)NCC1(CCO)CCOC1.I. The van der Waals surface area contributed by atoms with E-state index in [4.69, 9.17) is 4.74 Å². The summed E-state index contributed by atoms with van der Waals surface area (Å²) < 4.78 is 46.6. The molecule has 0 aliphatic carbocycles. The number of alkyl halides is 3. The molecule has 0 amide bonds. The zero-order valence-corrected chi connectivity index (χ0v) is 18.0. The van der Waals surface area contributed by atoms with Crippen molar-refractivity contribution in [2.45, 2.75) is 25.6 Å². The molecule has 1 aromatic carbocycles. The largest absolute Gasteiger partial charge is 0.484 e. The number of nitrogens with zero attached hydrogens (tertiary/aromatic N) is 1. The van der Waals surface area contributed by atoms with Gasteiger partial charge in [-0.15, -0.1) is 24.0 Å². The van der Waals surface area contributed by atoms with Crippen LogP contribution >= 0.6 is 24.0 Å². The lowest BCUT2D eigenvalue weighted by molar-refractivity contribution is -0.153. The highest BCUT2D eigenvalue weighted by molar-refractivity contribution is 14.0. The van der Waals surface area contributed by atoms with Crippen molar-refractivity contribution in [3.8, 4) is 5.75 Å². The average molecular weight is 517 g/mol. The van der Waals surface area contributed by atoms with Crippen LogP contribution in [0.25, 0.3) is 0 Å². The number of hydrogen-bond donors (Lipinski definition) is 3. The first kappa shape index (κ1) is 24.8. The van der Waals surface area contributed by atoms with Gasteiger partial charge in [0.1, 0.15) is 5.75 Å². The maximum absolute atomic E-state index is 12.2. The molecule has 1 saturated heterocycles. The van der Waals surface area contributed by atoms with E-state index in [9.17, 15) is 18.3 Å². The average Bonchev–Trinajstić information content (AvgIpc) is 3.09. The molecule has 2 rings (SSSR count). The van der Waals surface area contributed by atoms with E-state index in [0.29, 0.717) is 38.7 Å². The highest BCUT2D eigenvalue weighted by Gasteiger charge is 2.34. The molecule has 0 spiro atoms. The number of aliphatic imine (C=N–C) groups is 1. The summed E-state index contributed by atoms with van der Waals surface area (Å²) in [5.41, 5.74) is 0.788. The first-order chi connectivity index (χ1) is 12.9. The minimum absolute atomic E-state index is 0. The topological polar surface area (TPSA) is 75.1 Å². The zero-order chi connectivity index (χ0) is 19.8. The molecular formula is C18H27F3IN3O3. The fourth-order valence-electron chi connectivity index (χ4n) is 2.86. The quantitative estimate of drug-likeness (QED) is 0.281. The summed E-state index contributed by atoms with van der Waals surface area (Å²) in [4.78, 5) is 4.17. The summed E-state index contributed by atoms with van der Waals surface area (Å²) in [5.74, 6) is 0.780. The van der Waals surface area contributed by atoms with Crippen molar-refractivity contribution in [3.63, 3.8) is 0 Å². The number of rotatable bonds is 8. The van der Waals surface area contributed by atoms with Crippen LogP contribution in [0.15, 0.2) is 29.3 Å². The normalized spacial score (nSPS) is 19.8. The van der Waals surface area contributed by atoms with Crippen LogP contribution in [0.2, 0.25) is 0 Å². The molecule has 10 heteroatoms. The summed E-state index contributed by atoms with van der Waals surface area (Å²) in [7, 11) is 1.66. The predicted octanol–water partition coefficient (Wildman–Crippen LogP) is 2.70. The molecule has 1 fully saturated rings. The number of halogens is 4. The van der Waals surface area contributed by atoms with Crippen LogP contribution in [0.5, 0.6) is 5.75 Å². The lowest BCUT2D eigenvalue weighted by atomic mass is 9.84. The van der Waals surface area contributed by atoms with Crippen molar-refractivity contribution in [3.05, 3.63) is 29.8 Å². The molecule has 28 heavy (non-hydrogen) atoms. The molecule has 1 aliphatic heterocycles. The Hall–Kier alpha value is -1.27. The molecule has 0 radical (unpaired) electrons. The van der Waals surface area contributed by atoms with E-state index in [1.165, 1.54) is 12.1 Å². The number of aliphatic hydroxyl groups is 1. The second-order valence-electron chi connectivity index (χ2n) is 6.60. The molecule has 1 aromatic rings. The molecule has 0 aromatic heterocycles. The lowest BCUT2D eigenvalue weighted by Crippen LogP contribution is -2.44. The molecule has 3 N–H and O–H groups in total. The Labute approximate surface area is 179 Å². The van der Waals surface area contributed by atoms with Gasteiger partial charge in [-0.05, 0) is 30.5 Å². The van der Waals surface area contributed by atoms with Crippen LogP contribution in [0, 0.1) is 5.41 Å². The Bertz CT molecular complexity index is 606. The van der Waals surface area contributed by atoms with Crippen molar-refractivity contribution in [1.82, 2.24) is 10.6 Å². The zero-order valence-electron chi connectivity index (χ0n) is 15.7. The van der Waals surface area contributed by atoms with Gasteiger partial charge in [0.25, 0.3) is 0 Å².